The monoisotopic (exact) mass is 835 g/mol. The Kier molecular flexibility index (Phi) is 16.8. The van der Waals surface area contributed by atoms with Gasteiger partial charge in [0.1, 0.15) is 0 Å². The first kappa shape index (κ1) is 46.1. The third-order valence-electron chi connectivity index (χ3n) is 11.3. The van der Waals surface area contributed by atoms with Crippen molar-refractivity contribution in [1.29, 1.82) is 0 Å². The quantitative estimate of drug-likeness (QED) is 0.194. The summed E-state index contributed by atoms with van der Waals surface area (Å²) in [5.41, 5.74) is 15.4. The van der Waals surface area contributed by atoms with E-state index in [0.717, 1.165) is 19.3 Å². The van der Waals surface area contributed by atoms with E-state index in [2.05, 4.69) is 166 Å². The second-order valence-electron chi connectivity index (χ2n) is 17.1. The molecule has 6 rings (SSSR count). The van der Waals surface area contributed by atoms with Gasteiger partial charge in [0.2, 0.25) is 0 Å². The van der Waals surface area contributed by atoms with Gasteiger partial charge in [-0.05, 0) is 48.3 Å². The summed E-state index contributed by atoms with van der Waals surface area (Å²) in [4.78, 5) is 0. The normalized spacial score (nSPS) is 17.5. The molecule has 0 bridgehead atoms. The predicted octanol–water partition coefficient (Wildman–Crippen LogP) is 6.49. The van der Waals surface area contributed by atoms with E-state index in [0.29, 0.717) is 0 Å². The molecule has 3 aromatic rings. The molecule has 0 spiro atoms. The van der Waals surface area contributed by atoms with Crippen molar-refractivity contribution in [3.8, 4) is 0 Å². The molecule has 3 aliphatic carbocycles. The Hall–Kier alpha value is -2.31. The first-order chi connectivity index (χ1) is 24.8. The molecular weight excluding hydrogens is 775 g/mol. The number of allylic oxidation sites excluding steroid dienone is 8. The van der Waals surface area contributed by atoms with Crippen molar-refractivity contribution >= 4 is 14.9 Å². The molecule has 0 N–H and O–H groups in total. The number of hydrogen-bond acceptors (Lipinski definition) is 0. The van der Waals surface area contributed by atoms with Crippen LogP contribution in [-0.2, 0) is 36.1 Å². The van der Waals surface area contributed by atoms with Gasteiger partial charge < -0.3 is 24.8 Å². The zero-order valence-corrected chi connectivity index (χ0v) is 38.8. The van der Waals surface area contributed by atoms with Gasteiger partial charge in [0.15, 0.2) is 0 Å². The standard InChI is InChI=1S/C38H53.C13H10.2ClH.Zr/c1-11-17-27-23-29(36(5,6)7)24-28-25-31-34(33(27)28)30(18-12-2)32(19-13-3)38(22-14-4,37(8,9)10)35(31)26-20-15-16-21-26;1-3-7-12(8-4-1)11-13-9-5-2-6-10-13;;;/h15-16,20,23-24H,11-14,17-19,21-22H2,1-10H3;1-10H;2*1H;/q-1;;;;+2/p-2. The Labute approximate surface area is 356 Å². The Morgan fingerprint density at radius 2 is 1.31 bits per heavy atom. The molecule has 1 unspecified atom stereocenters. The second-order valence-corrected chi connectivity index (χ2v) is 18.3. The SMILES string of the molecule is CCCC1=C(CCC)C(CCC)(C(C)(C)C)C(C2=CC=CC2)=C2[C-]=c3cc(C(C)(C)C)cc(CCC)c3=C21.[Cl-].[Cl-].[Zr+2]=[C](c1ccccc1)c1ccccc1. The zero-order chi connectivity index (χ0) is 37.7. The van der Waals surface area contributed by atoms with Gasteiger partial charge in [0.25, 0.3) is 0 Å². The Morgan fingerprint density at radius 1 is 0.741 bits per heavy atom. The minimum absolute atomic E-state index is 0. The molecule has 0 nitrogen and oxygen atoms in total. The fraction of sp³-hybridized carbons (Fsp3) is 0.431. The van der Waals surface area contributed by atoms with Crippen molar-refractivity contribution in [2.75, 3.05) is 0 Å². The molecule has 0 fully saturated rings. The fourth-order valence-corrected chi connectivity index (χ4v) is 9.84. The maximum atomic E-state index is 4.15. The molecule has 0 saturated heterocycles. The van der Waals surface area contributed by atoms with E-state index >= 15 is 0 Å². The number of halogens is 2. The van der Waals surface area contributed by atoms with Crippen LogP contribution in [0.4, 0.5) is 0 Å². The third-order valence-corrected chi connectivity index (χ3v) is 12.8. The van der Waals surface area contributed by atoms with Crippen LogP contribution in [0.3, 0.4) is 0 Å². The van der Waals surface area contributed by atoms with Crippen LogP contribution < -0.4 is 35.3 Å². The number of benzene rings is 3. The number of hydrogen-bond donors (Lipinski definition) is 0. The van der Waals surface area contributed by atoms with Gasteiger partial charge >= 0.3 is 99.2 Å². The van der Waals surface area contributed by atoms with Gasteiger partial charge in [0.05, 0.1) is 0 Å². The summed E-state index contributed by atoms with van der Waals surface area (Å²) in [7, 11) is 0. The molecule has 3 heteroatoms. The summed E-state index contributed by atoms with van der Waals surface area (Å²) in [6, 6.07) is 26.1. The first-order valence-electron chi connectivity index (χ1n) is 20.2. The molecule has 0 heterocycles. The Bertz CT molecular complexity index is 1970. The molecule has 0 saturated carbocycles. The van der Waals surface area contributed by atoms with Crippen LogP contribution in [0, 0.1) is 10.8 Å². The van der Waals surface area contributed by atoms with Crippen LogP contribution in [0.15, 0.2) is 119 Å². The molecule has 54 heavy (non-hydrogen) atoms. The van der Waals surface area contributed by atoms with E-state index in [-0.39, 0.29) is 41.1 Å². The van der Waals surface area contributed by atoms with E-state index in [1.54, 1.807) is 22.3 Å². The fourth-order valence-electron chi connectivity index (χ4n) is 9.02. The van der Waals surface area contributed by atoms with Crippen LogP contribution in [0.5, 0.6) is 0 Å². The summed E-state index contributed by atoms with van der Waals surface area (Å²) < 4.78 is 1.42. The van der Waals surface area contributed by atoms with Gasteiger partial charge in [0, 0.05) is 0 Å². The van der Waals surface area contributed by atoms with Gasteiger partial charge in [-0.1, -0.05) is 153 Å². The van der Waals surface area contributed by atoms with Crippen molar-refractivity contribution in [2.45, 2.75) is 132 Å². The van der Waals surface area contributed by atoms with Crippen LogP contribution in [0.1, 0.15) is 143 Å². The van der Waals surface area contributed by atoms with Crippen LogP contribution in [0.25, 0.3) is 11.6 Å². The van der Waals surface area contributed by atoms with E-state index < -0.39 is 0 Å². The summed E-state index contributed by atoms with van der Waals surface area (Å²) in [5, 5.41) is 2.86. The number of fused-ring (bicyclic) bond motifs is 2. The van der Waals surface area contributed by atoms with Crippen molar-refractivity contribution in [2.24, 2.45) is 10.8 Å². The van der Waals surface area contributed by atoms with Crippen LogP contribution >= 0.6 is 0 Å². The predicted molar refractivity (Wildman–Crippen MR) is 224 cm³/mol. The summed E-state index contributed by atoms with van der Waals surface area (Å²) >= 11 is 1.46. The molecule has 0 aromatic heterocycles. The second kappa shape index (κ2) is 19.7. The third kappa shape index (κ3) is 9.28. The van der Waals surface area contributed by atoms with Crippen molar-refractivity contribution in [3.05, 3.63) is 152 Å². The topological polar surface area (TPSA) is 0 Å². The average molecular weight is 838 g/mol. The molecule has 0 amide bonds. The van der Waals surface area contributed by atoms with Gasteiger partial charge in [-0.15, -0.1) is 33.7 Å². The van der Waals surface area contributed by atoms with Crippen molar-refractivity contribution < 1.29 is 49.0 Å². The van der Waals surface area contributed by atoms with Gasteiger partial charge in [-0.3, -0.25) is 0 Å². The Balaban J connectivity index is 0.000000411. The average Bonchev–Trinajstić information content (AvgIpc) is 3.79. The number of rotatable bonds is 11. The summed E-state index contributed by atoms with van der Waals surface area (Å²) in [5.74, 6) is 0. The molecular formula is C51H63Cl2Zr-. The molecule has 0 aliphatic heterocycles. The van der Waals surface area contributed by atoms with Gasteiger partial charge in [-0.25, -0.2) is 0 Å². The summed E-state index contributed by atoms with van der Waals surface area (Å²) in [6.07, 6.45) is 21.7. The van der Waals surface area contributed by atoms with Gasteiger partial charge in [-0.2, -0.15) is 0 Å². The molecule has 3 aromatic carbocycles. The van der Waals surface area contributed by atoms with E-state index in [9.17, 15) is 0 Å². The number of aryl methyl sites for hydroxylation is 1. The maximum absolute atomic E-state index is 4.15. The van der Waals surface area contributed by atoms with Crippen molar-refractivity contribution in [1.82, 2.24) is 0 Å². The van der Waals surface area contributed by atoms with E-state index in [1.807, 2.05) is 0 Å². The Morgan fingerprint density at radius 3 is 1.78 bits per heavy atom. The van der Waals surface area contributed by atoms with E-state index in [4.69, 9.17) is 0 Å². The van der Waals surface area contributed by atoms with E-state index in [1.165, 1.54) is 110 Å². The zero-order valence-electron chi connectivity index (χ0n) is 34.8. The van der Waals surface area contributed by atoms with Crippen LogP contribution in [-0.4, -0.2) is 3.21 Å². The minimum atomic E-state index is 0. The van der Waals surface area contributed by atoms with Crippen molar-refractivity contribution in [3.63, 3.8) is 0 Å². The molecule has 0 radical (unpaired) electrons. The summed E-state index contributed by atoms with van der Waals surface area (Å²) in [6.45, 7) is 24.1. The first-order valence-corrected chi connectivity index (χ1v) is 21.4. The molecule has 3 aliphatic rings. The van der Waals surface area contributed by atoms with Crippen LogP contribution in [0.2, 0.25) is 0 Å². The molecule has 286 valence electrons. The molecule has 1 atom stereocenters.